The summed E-state index contributed by atoms with van der Waals surface area (Å²) in [6.07, 6.45) is 3.74. The molecule has 102 valence electrons. The molecule has 0 unspecified atom stereocenters. The summed E-state index contributed by atoms with van der Waals surface area (Å²) in [4.78, 5) is 2.75. The zero-order chi connectivity index (χ0) is 13.9. The molecule has 20 heavy (non-hydrogen) atoms. The molecule has 0 bridgehead atoms. The first kappa shape index (κ1) is 12.9. The lowest BCUT2D eigenvalue weighted by Gasteiger charge is -2.08. The van der Waals surface area contributed by atoms with Gasteiger partial charge in [-0.3, -0.25) is 0 Å². The van der Waals surface area contributed by atoms with Crippen molar-refractivity contribution in [1.82, 2.24) is 9.78 Å². The monoisotopic (exact) mass is 283 g/mol. The summed E-state index contributed by atoms with van der Waals surface area (Å²) in [7, 11) is 0. The Kier molecular flexibility index (Phi) is 3.56. The quantitative estimate of drug-likeness (QED) is 0.779. The van der Waals surface area contributed by atoms with Gasteiger partial charge in [-0.15, -0.1) is 11.3 Å². The number of thiophene rings is 1. The third kappa shape index (κ3) is 2.75. The molecular formula is C16H17N3S. The van der Waals surface area contributed by atoms with Gasteiger partial charge >= 0.3 is 0 Å². The number of hydrogen-bond donors (Lipinski definition) is 1. The van der Waals surface area contributed by atoms with Gasteiger partial charge in [-0.05, 0) is 49.7 Å². The van der Waals surface area contributed by atoms with Crippen LogP contribution in [-0.2, 0) is 6.54 Å². The smallest absolute Gasteiger partial charge is 0.0666 e. The lowest BCUT2D eigenvalue weighted by molar-refractivity contribution is 0.880. The predicted molar refractivity (Wildman–Crippen MR) is 84.7 cm³/mol. The lowest BCUT2D eigenvalue weighted by atomic mass is 10.2. The van der Waals surface area contributed by atoms with E-state index in [0.29, 0.717) is 0 Å². The molecule has 0 amide bonds. The first-order chi connectivity index (χ1) is 9.72. The number of rotatable bonds is 4. The Morgan fingerprint density at radius 3 is 2.80 bits per heavy atom. The minimum Gasteiger partial charge on any atom is -0.381 e. The molecule has 2 heterocycles. The number of aryl methyl sites for hydroxylation is 2. The SMILES string of the molecule is Cc1cc(CNc2cccc(-n3cccn3)c2)c(C)s1. The van der Waals surface area contributed by atoms with Crippen molar-refractivity contribution < 1.29 is 0 Å². The van der Waals surface area contributed by atoms with E-state index in [0.717, 1.165) is 17.9 Å². The van der Waals surface area contributed by atoms with E-state index in [-0.39, 0.29) is 0 Å². The van der Waals surface area contributed by atoms with E-state index in [1.165, 1.54) is 15.3 Å². The lowest BCUT2D eigenvalue weighted by Crippen LogP contribution is -2.01. The highest BCUT2D eigenvalue weighted by atomic mass is 32.1. The zero-order valence-electron chi connectivity index (χ0n) is 11.6. The van der Waals surface area contributed by atoms with Crippen LogP contribution in [0.4, 0.5) is 5.69 Å². The molecule has 0 aliphatic rings. The molecular weight excluding hydrogens is 266 g/mol. The largest absolute Gasteiger partial charge is 0.381 e. The van der Waals surface area contributed by atoms with Crippen molar-refractivity contribution in [1.29, 1.82) is 0 Å². The molecule has 0 aliphatic heterocycles. The van der Waals surface area contributed by atoms with E-state index in [1.807, 2.05) is 34.3 Å². The molecule has 1 N–H and O–H groups in total. The standard InChI is InChI=1S/C16H17N3S/c1-12-9-14(13(2)20-12)11-17-15-5-3-6-16(10-15)19-8-4-7-18-19/h3-10,17H,11H2,1-2H3. The Morgan fingerprint density at radius 2 is 2.10 bits per heavy atom. The van der Waals surface area contributed by atoms with E-state index in [2.05, 4.69) is 48.5 Å². The highest BCUT2D eigenvalue weighted by Crippen LogP contribution is 2.22. The van der Waals surface area contributed by atoms with Gasteiger partial charge in [0.15, 0.2) is 0 Å². The average molecular weight is 283 g/mol. The number of hydrogen-bond acceptors (Lipinski definition) is 3. The van der Waals surface area contributed by atoms with Gasteiger partial charge in [0.2, 0.25) is 0 Å². The normalized spacial score (nSPS) is 10.7. The average Bonchev–Trinajstić information content (AvgIpc) is 3.07. The Balaban J connectivity index is 1.75. The maximum absolute atomic E-state index is 4.25. The molecule has 2 aromatic heterocycles. The molecule has 4 heteroatoms. The van der Waals surface area contributed by atoms with Crippen LogP contribution in [0.3, 0.4) is 0 Å². The summed E-state index contributed by atoms with van der Waals surface area (Å²) < 4.78 is 1.87. The molecule has 0 atom stereocenters. The summed E-state index contributed by atoms with van der Waals surface area (Å²) in [6, 6.07) is 12.5. The van der Waals surface area contributed by atoms with Crippen LogP contribution in [0.5, 0.6) is 0 Å². The van der Waals surface area contributed by atoms with Crippen molar-refractivity contribution in [3.8, 4) is 5.69 Å². The van der Waals surface area contributed by atoms with Crippen LogP contribution < -0.4 is 5.32 Å². The number of nitrogens with zero attached hydrogens (tertiary/aromatic N) is 2. The van der Waals surface area contributed by atoms with Crippen LogP contribution in [0.25, 0.3) is 5.69 Å². The van der Waals surface area contributed by atoms with Gasteiger partial charge in [-0.25, -0.2) is 4.68 Å². The third-order valence-electron chi connectivity index (χ3n) is 3.24. The van der Waals surface area contributed by atoms with Crippen LogP contribution in [0.1, 0.15) is 15.3 Å². The van der Waals surface area contributed by atoms with E-state index >= 15 is 0 Å². The van der Waals surface area contributed by atoms with Gasteiger partial charge in [0.05, 0.1) is 5.69 Å². The highest BCUT2D eigenvalue weighted by Gasteiger charge is 2.03. The van der Waals surface area contributed by atoms with Crippen molar-refractivity contribution in [2.75, 3.05) is 5.32 Å². The Morgan fingerprint density at radius 1 is 1.20 bits per heavy atom. The van der Waals surface area contributed by atoms with E-state index < -0.39 is 0 Å². The Hall–Kier alpha value is -2.07. The van der Waals surface area contributed by atoms with Crippen molar-refractivity contribution in [2.24, 2.45) is 0 Å². The summed E-state index contributed by atoms with van der Waals surface area (Å²) in [6.45, 7) is 5.19. The molecule has 3 rings (SSSR count). The fraction of sp³-hybridized carbons (Fsp3) is 0.188. The van der Waals surface area contributed by atoms with Crippen LogP contribution in [0, 0.1) is 13.8 Å². The van der Waals surface area contributed by atoms with Gasteiger partial charge in [0.25, 0.3) is 0 Å². The molecule has 3 aromatic rings. The van der Waals surface area contributed by atoms with Gasteiger partial charge in [-0.2, -0.15) is 5.10 Å². The number of benzene rings is 1. The first-order valence-electron chi connectivity index (χ1n) is 6.62. The fourth-order valence-corrected chi connectivity index (χ4v) is 3.18. The summed E-state index contributed by atoms with van der Waals surface area (Å²) in [5.74, 6) is 0. The number of nitrogens with one attached hydrogen (secondary N) is 1. The van der Waals surface area contributed by atoms with Crippen molar-refractivity contribution in [3.63, 3.8) is 0 Å². The second-order valence-corrected chi connectivity index (χ2v) is 6.25. The molecule has 0 saturated heterocycles. The second kappa shape index (κ2) is 5.51. The molecule has 1 aromatic carbocycles. The van der Waals surface area contributed by atoms with E-state index in [9.17, 15) is 0 Å². The topological polar surface area (TPSA) is 29.9 Å². The maximum atomic E-state index is 4.25. The Bertz CT molecular complexity index is 698. The zero-order valence-corrected chi connectivity index (χ0v) is 12.4. The minimum atomic E-state index is 0.860. The van der Waals surface area contributed by atoms with Gasteiger partial charge in [0.1, 0.15) is 0 Å². The molecule has 3 nitrogen and oxygen atoms in total. The van der Waals surface area contributed by atoms with Crippen molar-refractivity contribution >= 4 is 17.0 Å². The van der Waals surface area contributed by atoms with Crippen LogP contribution >= 0.6 is 11.3 Å². The fourth-order valence-electron chi connectivity index (χ4n) is 2.24. The van der Waals surface area contributed by atoms with Crippen molar-refractivity contribution in [2.45, 2.75) is 20.4 Å². The predicted octanol–water partition coefficient (Wildman–Crippen LogP) is 4.16. The van der Waals surface area contributed by atoms with E-state index in [4.69, 9.17) is 0 Å². The van der Waals surface area contributed by atoms with Gasteiger partial charge < -0.3 is 5.32 Å². The molecule has 0 radical (unpaired) electrons. The number of aromatic nitrogens is 2. The van der Waals surface area contributed by atoms with Gasteiger partial charge in [-0.1, -0.05) is 6.07 Å². The summed E-state index contributed by atoms with van der Waals surface area (Å²) in [5, 5.41) is 7.74. The van der Waals surface area contributed by atoms with Crippen LogP contribution in [0.2, 0.25) is 0 Å². The maximum Gasteiger partial charge on any atom is 0.0666 e. The van der Waals surface area contributed by atoms with Gasteiger partial charge in [0, 0.05) is 34.4 Å². The molecule has 0 aliphatic carbocycles. The summed E-state index contributed by atoms with van der Waals surface area (Å²) in [5.41, 5.74) is 3.55. The third-order valence-corrected chi connectivity index (χ3v) is 4.25. The minimum absolute atomic E-state index is 0.860. The second-order valence-electron chi connectivity index (χ2n) is 4.79. The number of anilines is 1. The summed E-state index contributed by atoms with van der Waals surface area (Å²) >= 11 is 1.85. The molecule has 0 saturated carbocycles. The van der Waals surface area contributed by atoms with E-state index in [1.54, 1.807) is 6.20 Å². The highest BCUT2D eigenvalue weighted by molar-refractivity contribution is 7.12. The molecule has 0 spiro atoms. The Labute approximate surface area is 122 Å². The first-order valence-corrected chi connectivity index (χ1v) is 7.44. The van der Waals surface area contributed by atoms with Crippen LogP contribution in [-0.4, -0.2) is 9.78 Å². The van der Waals surface area contributed by atoms with Crippen LogP contribution in [0.15, 0.2) is 48.8 Å². The molecule has 0 fully saturated rings. The van der Waals surface area contributed by atoms with Crippen molar-refractivity contribution in [3.05, 3.63) is 64.1 Å².